The zero-order valence-electron chi connectivity index (χ0n) is 42.8. The summed E-state index contributed by atoms with van der Waals surface area (Å²) >= 11 is 0. The van der Waals surface area contributed by atoms with Crippen LogP contribution in [0.5, 0.6) is 0 Å². The van der Waals surface area contributed by atoms with Crippen LogP contribution in [-0.4, -0.2) is 97.5 Å². The molecule has 0 amide bonds. The Labute approximate surface area is 423 Å². The van der Waals surface area contributed by atoms with Crippen molar-refractivity contribution in [1.29, 1.82) is 0 Å². The summed E-state index contributed by atoms with van der Waals surface area (Å²) in [5, 5.41) is 30.8. The highest BCUT2D eigenvalue weighted by Gasteiger charge is 2.48. The molecule has 0 saturated carbocycles. The normalized spacial score (nSPS) is 20.1. The maximum atomic E-state index is 12.9. The van der Waals surface area contributed by atoms with Gasteiger partial charge in [-0.05, 0) is 103 Å². The molecule has 398 valence electrons. The van der Waals surface area contributed by atoms with Crippen LogP contribution in [0.1, 0.15) is 168 Å². The highest BCUT2D eigenvalue weighted by atomic mass is 32.3. The van der Waals surface area contributed by atoms with Gasteiger partial charge < -0.3 is 34.3 Å². The summed E-state index contributed by atoms with van der Waals surface area (Å²) < 4.78 is 59.3. The first-order valence-corrected chi connectivity index (χ1v) is 27.7. The van der Waals surface area contributed by atoms with Crippen LogP contribution in [-0.2, 0) is 38.3 Å². The lowest BCUT2D eigenvalue weighted by Gasteiger charge is -2.41. The fraction of sp³-hybridized carbons (Fsp3) is 0.632. The summed E-state index contributed by atoms with van der Waals surface area (Å²) in [6, 6.07) is 0. The average molecular weight is 1000 g/mol. The molecule has 6 atom stereocenters. The Bertz CT molecular complexity index is 1670. The zero-order valence-corrected chi connectivity index (χ0v) is 43.6. The lowest BCUT2D eigenvalue weighted by Crippen LogP contribution is -2.60. The molecule has 1 fully saturated rings. The molecule has 0 aromatic carbocycles. The first kappa shape index (κ1) is 64.5. The van der Waals surface area contributed by atoms with Crippen molar-refractivity contribution in [3.05, 3.63) is 122 Å². The number of rotatable bonds is 44. The Hall–Kier alpha value is -3.50. The van der Waals surface area contributed by atoms with Gasteiger partial charge in [-0.2, -0.15) is 8.42 Å². The van der Waals surface area contributed by atoms with E-state index >= 15 is 0 Å². The minimum atomic E-state index is -5.08. The van der Waals surface area contributed by atoms with Gasteiger partial charge in [0.05, 0.1) is 19.8 Å². The summed E-state index contributed by atoms with van der Waals surface area (Å²) in [5.41, 5.74) is 0. The van der Waals surface area contributed by atoms with E-state index in [0.29, 0.717) is 13.0 Å². The molecule has 4 N–H and O–H groups in total. The minimum Gasteiger partial charge on any atom is -0.457 e. The van der Waals surface area contributed by atoms with E-state index in [0.717, 1.165) is 122 Å². The molecule has 0 aliphatic carbocycles. The molecule has 1 rings (SSSR count). The van der Waals surface area contributed by atoms with Crippen LogP contribution in [0.3, 0.4) is 0 Å². The molecule has 1 heterocycles. The molecule has 0 spiro atoms. The lowest BCUT2D eigenvalue weighted by atomic mass is 9.99. The van der Waals surface area contributed by atoms with Crippen LogP contribution in [0.2, 0.25) is 0 Å². The molecular weight excluding hydrogens is 909 g/mol. The first-order chi connectivity index (χ1) is 34.1. The molecule has 70 heavy (non-hydrogen) atoms. The summed E-state index contributed by atoms with van der Waals surface area (Å²) in [7, 11) is -5.08. The molecule has 6 unspecified atom stereocenters. The monoisotopic (exact) mass is 1000 g/mol. The van der Waals surface area contributed by atoms with Crippen LogP contribution in [0.4, 0.5) is 0 Å². The van der Waals surface area contributed by atoms with Gasteiger partial charge in [-0.1, -0.05) is 180 Å². The van der Waals surface area contributed by atoms with E-state index < -0.39 is 59.8 Å². The smallest absolute Gasteiger partial charge is 0.397 e. The van der Waals surface area contributed by atoms with Crippen LogP contribution >= 0.6 is 0 Å². The summed E-state index contributed by atoms with van der Waals surface area (Å²) in [5.74, 6) is -0.433. The van der Waals surface area contributed by atoms with Gasteiger partial charge in [0.2, 0.25) is 0 Å². The maximum Gasteiger partial charge on any atom is 0.397 e. The topological polar surface area (TPSA) is 178 Å². The highest BCUT2D eigenvalue weighted by molar-refractivity contribution is 7.80. The second-order valence-corrected chi connectivity index (χ2v) is 18.4. The van der Waals surface area contributed by atoms with Crippen molar-refractivity contribution < 1.29 is 56.2 Å². The van der Waals surface area contributed by atoms with Gasteiger partial charge >= 0.3 is 16.4 Å². The van der Waals surface area contributed by atoms with E-state index in [1.807, 2.05) is 0 Å². The Kier molecular flexibility index (Phi) is 42.9. The van der Waals surface area contributed by atoms with Crippen molar-refractivity contribution in [2.45, 2.75) is 205 Å². The van der Waals surface area contributed by atoms with Gasteiger partial charge in [0.1, 0.15) is 30.5 Å². The number of carbonyl (C=O) groups is 1. The van der Waals surface area contributed by atoms with Crippen molar-refractivity contribution in [2.75, 3.05) is 26.4 Å². The molecule has 1 aliphatic rings. The summed E-state index contributed by atoms with van der Waals surface area (Å²) in [4.78, 5) is 12.9. The molecule has 0 radical (unpaired) electrons. The van der Waals surface area contributed by atoms with Gasteiger partial charge in [0, 0.05) is 13.0 Å². The third-order valence-electron chi connectivity index (χ3n) is 11.1. The number of unbranched alkanes of at least 4 members (excludes halogenated alkanes) is 11. The van der Waals surface area contributed by atoms with Crippen molar-refractivity contribution in [1.82, 2.24) is 0 Å². The summed E-state index contributed by atoms with van der Waals surface area (Å²) in [6.07, 6.45) is 57.9. The fourth-order valence-corrected chi connectivity index (χ4v) is 7.70. The number of allylic oxidation sites excluding steroid dienone is 20. The Morgan fingerprint density at radius 2 is 0.943 bits per heavy atom. The van der Waals surface area contributed by atoms with Crippen LogP contribution in [0.25, 0.3) is 0 Å². The van der Waals surface area contributed by atoms with E-state index in [4.69, 9.17) is 18.9 Å². The number of carbonyl (C=O) groups excluding carboxylic acids is 1. The third-order valence-corrected chi connectivity index (χ3v) is 11.5. The number of hydrogen-bond acceptors (Lipinski definition) is 11. The Morgan fingerprint density at radius 3 is 1.37 bits per heavy atom. The van der Waals surface area contributed by atoms with Crippen LogP contribution in [0, 0.1) is 0 Å². The summed E-state index contributed by atoms with van der Waals surface area (Å²) in [6.45, 7) is 3.69. The van der Waals surface area contributed by atoms with Gasteiger partial charge in [-0.3, -0.25) is 9.35 Å². The lowest BCUT2D eigenvalue weighted by molar-refractivity contribution is -0.301. The number of ether oxygens (including phenoxy) is 4. The second-order valence-electron chi connectivity index (χ2n) is 17.3. The number of aliphatic hydroxyl groups excluding tert-OH is 3. The van der Waals surface area contributed by atoms with Crippen molar-refractivity contribution in [3.63, 3.8) is 0 Å². The molecule has 13 heteroatoms. The molecule has 12 nitrogen and oxygen atoms in total. The first-order valence-electron chi connectivity index (χ1n) is 26.3. The predicted octanol–water partition coefficient (Wildman–Crippen LogP) is 12.5. The van der Waals surface area contributed by atoms with E-state index in [1.54, 1.807) is 0 Å². The molecule has 1 aliphatic heterocycles. The highest BCUT2D eigenvalue weighted by Crippen LogP contribution is 2.26. The van der Waals surface area contributed by atoms with Crippen LogP contribution < -0.4 is 0 Å². The number of esters is 1. The van der Waals surface area contributed by atoms with E-state index in [-0.39, 0.29) is 19.6 Å². The fourth-order valence-electron chi connectivity index (χ4n) is 7.20. The van der Waals surface area contributed by atoms with Crippen molar-refractivity contribution in [2.24, 2.45) is 0 Å². The van der Waals surface area contributed by atoms with E-state index in [2.05, 4.69) is 140 Å². The number of hydrogen-bond donors (Lipinski definition) is 4. The maximum absolute atomic E-state index is 12.9. The third kappa shape index (κ3) is 39.2. The van der Waals surface area contributed by atoms with Gasteiger partial charge in [-0.15, -0.1) is 0 Å². The van der Waals surface area contributed by atoms with Crippen LogP contribution in [0.15, 0.2) is 122 Å². The van der Waals surface area contributed by atoms with E-state index in [9.17, 15) is 33.1 Å². The molecule has 1 saturated heterocycles. The standard InChI is InChI=1S/C57H92O12S/c1-3-5-7-9-11-13-15-17-19-21-23-25-26-27-28-30-32-34-36-38-40-42-44-46-53(59)67-51(50-66-57-55(61)56(69-70(62,63)64)54(60)52(48-58)68-57)49-65-47-45-43-41-39-37-35-33-31-29-24-22-20-18-16-14-12-10-8-6-4-2/h5-8,11-14,17-20,23-25,27-29,32,34,51-52,54-58,60-61H,3-4,9-10,15-16,21-22,26,30-31,33,35-50H2,1-2H3,(H,62,63,64)/b7-5-,8-6-,13-11-,14-12-,19-17-,20-18-,25-23-,28-27-,29-24-,34-32-. The van der Waals surface area contributed by atoms with E-state index in [1.165, 1.54) is 19.3 Å². The average Bonchev–Trinajstić information content (AvgIpc) is 3.34. The van der Waals surface area contributed by atoms with Gasteiger partial charge in [0.25, 0.3) is 0 Å². The quantitative estimate of drug-likeness (QED) is 0.0197. The largest absolute Gasteiger partial charge is 0.457 e. The zero-order chi connectivity index (χ0) is 51.0. The molecular formula is C57H92O12S. The SMILES string of the molecule is CC/C=C\C/C=C\C/C=C\C/C=C\C/C=C\C/C=C\CCCCCCC(=O)OC(COCCCCCCCCC/C=C\C/C=C\C/C=C\C/C=C\CC)COC1OC(CO)C(O)C(OS(=O)(=O)O)C1O. The predicted molar refractivity (Wildman–Crippen MR) is 284 cm³/mol. The molecule has 0 aromatic rings. The minimum absolute atomic E-state index is 0.00874. The second kappa shape index (κ2) is 46.6. The van der Waals surface area contributed by atoms with Crippen molar-refractivity contribution >= 4 is 16.4 Å². The molecule has 0 aromatic heterocycles. The van der Waals surface area contributed by atoms with Gasteiger partial charge in [0.15, 0.2) is 6.29 Å². The van der Waals surface area contributed by atoms with Crippen molar-refractivity contribution in [3.8, 4) is 0 Å². The van der Waals surface area contributed by atoms with Gasteiger partial charge in [-0.25, -0.2) is 4.18 Å². The Morgan fingerprint density at radius 1 is 0.543 bits per heavy atom. The number of aliphatic hydroxyl groups is 3. The Balaban J connectivity index is 2.40. The molecule has 0 bridgehead atoms.